The van der Waals surface area contributed by atoms with Crippen LogP contribution < -0.4 is 0 Å². The Bertz CT molecular complexity index is 389. The average Bonchev–Trinajstić information content (AvgIpc) is 2.47. The second-order valence-corrected chi connectivity index (χ2v) is 6.46. The van der Waals surface area contributed by atoms with Crippen LogP contribution in [0.25, 0.3) is 0 Å². The summed E-state index contributed by atoms with van der Waals surface area (Å²) in [6.45, 7) is 2.67. The predicted molar refractivity (Wildman–Crippen MR) is 74.4 cm³/mol. The van der Waals surface area contributed by atoms with Crippen molar-refractivity contribution in [2.75, 3.05) is 20.2 Å². The molecular weight excluding hydrogens is 258 g/mol. The summed E-state index contributed by atoms with van der Waals surface area (Å²) in [6, 6.07) is 0. The molecule has 2 aliphatic rings. The molecule has 114 valence electrons. The van der Waals surface area contributed by atoms with Gasteiger partial charge >= 0.3 is 5.97 Å². The molecule has 0 aromatic heterocycles. The molecule has 1 saturated heterocycles. The third-order valence-electron chi connectivity index (χ3n) is 4.94. The van der Waals surface area contributed by atoms with Gasteiger partial charge in [0.25, 0.3) is 5.91 Å². The van der Waals surface area contributed by atoms with E-state index in [9.17, 15) is 14.7 Å². The number of aliphatic carboxylic acids is 1. The van der Waals surface area contributed by atoms with Crippen LogP contribution in [0.2, 0.25) is 0 Å². The fourth-order valence-corrected chi connectivity index (χ4v) is 3.50. The number of hydrogen-bond donors (Lipinski definition) is 1. The number of likely N-dealkylation sites (tertiary alicyclic amines) is 1. The van der Waals surface area contributed by atoms with Crippen LogP contribution in [0.4, 0.5) is 0 Å². The monoisotopic (exact) mass is 283 g/mol. The molecule has 1 amide bonds. The average molecular weight is 283 g/mol. The summed E-state index contributed by atoms with van der Waals surface area (Å²) in [6.07, 6.45) is 6.03. The number of carboxylic acid groups (broad SMARTS) is 1. The molecule has 2 fully saturated rings. The molecule has 5 heteroatoms. The van der Waals surface area contributed by atoms with E-state index in [-0.39, 0.29) is 5.91 Å². The molecule has 0 bridgehead atoms. The van der Waals surface area contributed by atoms with E-state index in [2.05, 4.69) is 0 Å². The van der Waals surface area contributed by atoms with Crippen molar-refractivity contribution in [2.45, 2.75) is 57.5 Å². The van der Waals surface area contributed by atoms with E-state index in [1.165, 1.54) is 0 Å². The molecule has 1 aliphatic carbocycles. The number of ether oxygens (including phenoxy) is 1. The quantitative estimate of drug-likeness (QED) is 0.861. The first-order chi connectivity index (χ1) is 9.43. The molecule has 1 aliphatic heterocycles. The minimum atomic E-state index is -0.822. The lowest BCUT2D eigenvalue weighted by atomic mass is 9.79. The largest absolute Gasteiger partial charge is 0.481 e. The van der Waals surface area contributed by atoms with Crippen molar-refractivity contribution >= 4 is 11.9 Å². The standard InChI is InChI=1S/C15H25NO4/c1-14(13(18)19)7-6-10-16(11-14)12(17)15(20-2)8-4-3-5-9-15/h3-11H2,1-2H3,(H,18,19). The van der Waals surface area contributed by atoms with Crippen molar-refractivity contribution in [3.05, 3.63) is 0 Å². The minimum absolute atomic E-state index is 0.00752. The van der Waals surface area contributed by atoms with Crippen LogP contribution in [0.15, 0.2) is 0 Å². The lowest BCUT2D eigenvalue weighted by Crippen LogP contribution is -2.56. The number of nitrogens with zero attached hydrogens (tertiary/aromatic N) is 1. The zero-order chi connectivity index (χ0) is 14.8. The predicted octanol–water partition coefficient (Wildman–Crippen LogP) is 2.05. The van der Waals surface area contributed by atoms with E-state index in [1.807, 2.05) is 0 Å². The fourth-order valence-electron chi connectivity index (χ4n) is 3.50. The number of rotatable bonds is 3. The molecule has 1 saturated carbocycles. The molecule has 2 rings (SSSR count). The summed E-state index contributed by atoms with van der Waals surface area (Å²) in [5.41, 5.74) is -1.54. The lowest BCUT2D eigenvalue weighted by Gasteiger charge is -2.43. The summed E-state index contributed by atoms with van der Waals surface area (Å²) in [5, 5.41) is 9.36. The van der Waals surface area contributed by atoms with Gasteiger partial charge in [-0.15, -0.1) is 0 Å². The van der Waals surface area contributed by atoms with Crippen LogP contribution in [0.5, 0.6) is 0 Å². The third-order valence-corrected chi connectivity index (χ3v) is 4.94. The molecule has 0 spiro atoms. The van der Waals surface area contributed by atoms with Gasteiger partial charge in [-0.1, -0.05) is 19.3 Å². The molecular formula is C15H25NO4. The summed E-state index contributed by atoms with van der Waals surface area (Å²) < 4.78 is 5.58. The van der Waals surface area contributed by atoms with E-state index in [0.717, 1.165) is 38.5 Å². The van der Waals surface area contributed by atoms with Gasteiger partial charge in [-0.2, -0.15) is 0 Å². The van der Waals surface area contributed by atoms with Crippen LogP contribution in [-0.4, -0.2) is 47.7 Å². The molecule has 1 atom stereocenters. The molecule has 1 heterocycles. The van der Waals surface area contributed by atoms with E-state index >= 15 is 0 Å². The van der Waals surface area contributed by atoms with Gasteiger partial charge in [-0.25, -0.2) is 0 Å². The molecule has 5 nitrogen and oxygen atoms in total. The Morgan fingerprint density at radius 2 is 1.75 bits per heavy atom. The fraction of sp³-hybridized carbons (Fsp3) is 0.867. The summed E-state index contributed by atoms with van der Waals surface area (Å²) in [7, 11) is 1.60. The van der Waals surface area contributed by atoms with Gasteiger partial charge in [-0.05, 0) is 32.6 Å². The Labute approximate surface area is 120 Å². The highest BCUT2D eigenvalue weighted by Gasteiger charge is 2.46. The smallest absolute Gasteiger partial charge is 0.311 e. The molecule has 0 aromatic carbocycles. The van der Waals surface area contributed by atoms with E-state index in [1.54, 1.807) is 18.9 Å². The topological polar surface area (TPSA) is 66.8 Å². The van der Waals surface area contributed by atoms with Crippen LogP contribution in [-0.2, 0) is 14.3 Å². The maximum atomic E-state index is 12.8. The highest BCUT2D eigenvalue weighted by Crippen LogP contribution is 2.36. The summed E-state index contributed by atoms with van der Waals surface area (Å²) in [4.78, 5) is 25.9. The van der Waals surface area contributed by atoms with Gasteiger partial charge < -0.3 is 14.7 Å². The van der Waals surface area contributed by atoms with Crippen molar-refractivity contribution in [3.8, 4) is 0 Å². The Hall–Kier alpha value is -1.10. The second kappa shape index (κ2) is 5.72. The molecule has 1 N–H and O–H groups in total. The Morgan fingerprint density at radius 1 is 1.10 bits per heavy atom. The van der Waals surface area contributed by atoms with Gasteiger partial charge in [0, 0.05) is 20.2 Å². The van der Waals surface area contributed by atoms with Gasteiger partial charge in [0.1, 0.15) is 5.60 Å². The van der Waals surface area contributed by atoms with Crippen molar-refractivity contribution in [1.82, 2.24) is 4.90 Å². The normalized spacial score (nSPS) is 30.0. The summed E-state index contributed by atoms with van der Waals surface area (Å²) >= 11 is 0. The van der Waals surface area contributed by atoms with Crippen molar-refractivity contribution in [3.63, 3.8) is 0 Å². The Balaban J connectivity index is 2.13. The van der Waals surface area contributed by atoms with Crippen LogP contribution in [0, 0.1) is 5.41 Å². The molecule has 0 radical (unpaired) electrons. The van der Waals surface area contributed by atoms with Gasteiger partial charge in [0.15, 0.2) is 0 Å². The van der Waals surface area contributed by atoms with Gasteiger partial charge in [0.05, 0.1) is 5.41 Å². The number of carbonyl (C=O) groups excluding carboxylic acids is 1. The van der Waals surface area contributed by atoms with Crippen LogP contribution in [0.3, 0.4) is 0 Å². The maximum absolute atomic E-state index is 12.8. The van der Waals surface area contributed by atoms with Crippen molar-refractivity contribution in [2.24, 2.45) is 5.41 Å². The number of methoxy groups -OCH3 is 1. The van der Waals surface area contributed by atoms with Crippen molar-refractivity contribution in [1.29, 1.82) is 0 Å². The molecule has 0 aromatic rings. The number of hydrogen-bond acceptors (Lipinski definition) is 3. The minimum Gasteiger partial charge on any atom is -0.481 e. The number of carboxylic acids is 1. The first-order valence-electron chi connectivity index (χ1n) is 7.51. The Morgan fingerprint density at radius 3 is 2.30 bits per heavy atom. The Kier molecular flexibility index (Phi) is 4.37. The van der Waals surface area contributed by atoms with E-state index in [0.29, 0.717) is 19.5 Å². The molecule has 20 heavy (non-hydrogen) atoms. The number of piperidine rings is 1. The molecule has 1 unspecified atom stereocenters. The number of amides is 1. The summed E-state index contributed by atoms with van der Waals surface area (Å²) in [5.74, 6) is -0.822. The highest BCUT2D eigenvalue weighted by molar-refractivity contribution is 5.86. The number of carbonyl (C=O) groups is 2. The van der Waals surface area contributed by atoms with Gasteiger partial charge in [0.2, 0.25) is 0 Å². The third kappa shape index (κ3) is 2.68. The van der Waals surface area contributed by atoms with Gasteiger partial charge in [-0.3, -0.25) is 9.59 Å². The SMILES string of the molecule is COC1(C(=O)N2CCCC(C)(C(=O)O)C2)CCCCC1. The zero-order valence-electron chi connectivity index (χ0n) is 12.5. The second-order valence-electron chi connectivity index (χ2n) is 6.46. The lowest BCUT2D eigenvalue weighted by molar-refractivity contribution is -0.166. The van der Waals surface area contributed by atoms with Crippen LogP contribution in [0.1, 0.15) is 51.9 Å². The maximum Gasteiger partial charge on any atom is 0.311 e. The first kappa shape index (κ1) is 15.3. The highest BCUT2D eigenvalue weighted by atomic mass is 16.5. The van der Waals surface area contributed by atoms with E-state index < -0.39 is 17.0 Å². The van der Waals surface area contributed by atoms with Crippen molar-refractivity contribution < 1.29 is 19.4 Å². The van der Waals surface area contributed by atoms with Crippen LogP contribution >= 0.6 is 0 Å². The van der Waals surface area contributed by atoms with E-state index in [4.69, 9.17) is 4.74 Å². The first-order valence-corrected chi connectivity index (χ1v) is 7.51. The zero-order valence-corrected chi connectivity index (χ0v) is 12.5.